The Hall–Kier alpha value is -1.52. The fourth-order valence-corrected chi connectivity index (χ4v) is 2.55. The van der Waals surface area contributed by atoms with Gasteiger partial charge in [0.2, 0.25) is 0 Å². The molecule has 3 nitrogen and oxygen atoms in total. The molecule has 1 N–H and O–H groups in total. The Kier molecular flexibility index (Phi) is 5.65. The lowest BCUT2D eigenvalue weighted by atomic mass is 10.2. The average Bonchev–Trinajstić information content (AvgIpc) is 2.47. The van der Waals surface area contributed by atoms with Gasteiger partial charge < -0.3 is 10.1 Å². The first kappa shape index (κ1) is 15.9. The first-order chi connectivity index (χ1) is 10.1. The molecule has 0 aliphatic heterocycles. The van der Waals surface area contributed by atoms with Crippen LogP contribution in [0.1, 0.15) is 22.8 Å². The van der Waals surface area contributed by atoms with Gasteiger partial charge >= 0.3 is 5.97 Å². The third kappa shape index (κ3) is 4.22. The molecule has 0 radical (unpaired) electrons. The van der Waals surface area contributed by atoms with Crippen molar-refractivity contribution in [1.82, 2.24) is 0 Å². The van der Waals surface area contributed by atoms with Gasteiger partial charge in [0, 0.05) is 21.7 Å². The van der Waals surface area contributed by atoms with Crippen LogP contribution in [-0.4, -0.2) is 12.6 Å². The van der Waals surface area contributed by atoms with Gasteiger partial charge in [0.15, 0.2) is 0 Å². The number of nitrogens with one attached hydrogen (secondary N) is 1. The molecule has 110 valence electrons. The Morgan fingerprint density at radius 3 is 2.71 bits per heavy atom. The van der Waals surface area contributed by atoms with Gasteiger partial charge in [-0.15, -0.1) is 0 Å². The molecule has 2 aromatic carbocycles. The zero-order valence-corrected chi connectivity index (χ0v) is 13.9. The number of halogens is 2. The summed E-state index contributed by atoms with van der Waals surface area (Å²) in [5, 5.41) is 4.01. The molecule has 0 aliphatic carbocycles. The van der Waals surface area contributed by atoms with Crippen molar-refractivity contribution in [3.05, 3.63) is 63.1 Å². The molecule has 0 heterocycles. The molecule has 2 rings (SSSR count). The van der Waals surface area contributed by atoms with Crippen molar-refractivity contribution in [2.75, 3.05) is 11.9 Å². The van der Waals surface area contributed by atoms with E-state index < -0.39 is 0 Å². The average molecular weight is 369 g/mol. The number of rotatable bonds is 5. The second-order valence-corrected chi connectivity index (χ2v) is 5.62. The second-order valence-electron chi connectivity index (χ2n) is 4.36. The molecule has 0 saturated carbocycles. The van der Waals surface area contributed by atoms with E-state index in [0.29, 0.717) is 18.7 Å². The number of esters is 1. The normalized spacial score (nSPS) is 10.2. The van der Waals surface area contributed by atoms with Gasteiger partial charge in [-0.1, -0.05) is 29.8 Å². The molecule has 0 saturated heterocycles. The van der Waals surface area contributed by atoms with Crippen molar-refractivity contribution in [2.45, 2.75) is 13.5 Å². The minimum absolute atomic E-state index is 0.323. The summed E-state index contributed by atoms with van der Waals surface area (Å²) in [6.07, 6.45) is 0. The second kappa shape index (κ2) is 7.48. The molecule has 0 bridgehead atoms. The lowest BCUT2D eigenvalue weighted by Gasteiger charge is -2.11. The van der Waals surface area contributed by atoms with Gasteiger partial charge in [-0.2, -0.15) is 0 Å². The third-order valence-electron chi connectivity index (χ3n) is 2.91. The highest BCUT2D eigenvalue weighted by Crippen LogP contribution is 2.25. The van der Waals surface area contributed by atoms with Crippen LogP contribution in [0.25, 0.3) is 0 Å². The van der Waals surface area contributed by atoms with Crippen LogP contribution in [0.4, 0.5) is 5.69 Å². The highest BCUT2D eigenvalue weighted by Gasteiger charge is 2.09. The van der Waals surface area contributed by atoms with Gasteiger partial charge in [0.05, 0.1) is 12.2 Å². The summed E-state index contributed by atoms with van der Waals surface area (Å²) in [5.41, 5.74) is 2.43. The predicted molar refractivity (Wildman–Crippen MR) is 88.9 cm³/mol. The van der Waals surface area contributed by atoms with Crippen molar-refractivity contribution in [2.24, 2.45) is 0 Å². The van der Waals surface area contributed by atoms with Gasteiger partial charge in [0.25, 0.3) is 0 Å². The van der Waals surface area contributed by atoms with E-state index in [1.807, 2.05) is 30.3 Å². The van der Waals surface area contributed by atoms with E-state index >= 15 is 0 Å². The summed E-state index contributed by atoms with van der Waals surface area (Å²) in [4.78, 5) is 11.7. The van der Waals surface area contributed by atoms with E-state index in [0.717, 1.165) is 20.7 Å². The van der Waals surface area contributed by atoms with Crippen LogP contribution in [0.3, 0.4) is 0 Å². The summed E-state index contributed by atoms with van der Waals surface area (Å²) in [5.74, 6) is -0.323. The van der Waals surface area contributed by atoms with Crippen LogP contribution < -0.4 is 5.32 Å². The Balaban J connectivity index is 2.08. The van der Waals surface area contributed by atoms with Crippen LogP contribution in [0.5, 0.6) is 0 Å². The summed E-state index contributed by atoms with van der Waals surface area (Å²) in [7, 11) is 0. The maximum atomic E-state index is 11.7. The summed E-state index contributed by atoms with van der Waals surface area (Å²) < 4.78 is 5.78. The van der Waals surface area contributed by atoms with Gasteiger partial charge in [-0.25, -0.2) is 4.79 Å². The van der Waals surface area contributed by atoms with E-state index in [2.05, 4.69) is 21.2 Å². The van der Waals surface area contributed by atoms with E-state index in [4.69, 9.17) is 16.3 Å². The quantitative estimate of drug-likeness (QED) is 0.764. The van der Waals surface area contributed by atoms with Crippen LogP contribution >= 0.6 is 27.5 Å². The fraction of sp³-hybridized carbons (Fsp3) is 0.188. The number of hydrogen-bond acceptors (Lipinski definition) is 3. The Morgan fingerprint density at radius 1 is 1.29 bits per heavy atom. The first-order valence-corrected chi connectivity index (χ1v) is 7.73. The van der Waals surface area contributed by atoms with Crippen molar-refractivity contribution in [3.8, 4) is 0 Å². The van der Waals surface area contributed by atoms with Gasteiger partial charge in [-0.05, 0) is 52.7 Å². The zero-order valence-electron chi connectivity index (χ0n) is 11.5. The minimum Gasteiger partial charge on any atom is -0.462 e. The first-order valence-electron chi connectivity index (χ1n) is 6.55. The molecule has 0 unspecified atom stereocenters. The van der Waals surface area contributed by atoms with E-state index in [9.17, 15) is 4.79 Å². The van der Waals surface area contributed by atoms with Crippen molar-refractivity contribution in [1.29, 1.82) is 0 Å². The van der Waals surface area contributed by atoms with E-state index in [-0.39, 0.29) is 5.97 Å². The smallest absolute Gasteiger partial charge is 0.338 e. The molecule has 0 spiro atoms. The molecule has 0 amide bonds. The summed E-state index contributed by atoms with van der Waals surface area (Å²) >= 11 is 9.57. The molecule has 0 aliphatic rings. The third-order valence-corrected chi connectivity index (χ3v) is 3.93. The SMILES string of the molecule is CCOC(=O)c1ccc(NCc2ccccc2Cl)c(Br)c1. The zero-order chi connectivity index (χ0) is 15.2. The molecular formula is C16H15BrClNO2. The van der Waals surface area contributed by atoms with Crippen LogP contribution in [-0.2, 0) is 11.3 Å². The van der Waals surface area contributed by atoms with E-state index in [1.165, 1.54) is 0 Å². The summed E-state index contributed by atoms with van der Waals surface area (Å²) in [6, 6.07) is 13.0. The maximum absolute atomic E-state index is 11.7. The molecule has 0 atom stereocenters. The Morgan fingerprint density at radius 2 is 2.05 bits per heavy atom. The molecule has 21 heavy (non-hydrogen) atoms. The molecule has 0 aromatic heterocycles. The molecule has 0 fully saturated rings. The molecular weight excluding hydrogens is 354 g/mol. The van der Waals surface area contributed by atoms with Crippen LogP contribution in [0.2, 0.25) is 5.02 Å². The highest BCUT2D eigenvalue weighted by molar-refractivity contribution is 9.10. The van der Waals surface area contributed by atoms with Crippen molar-refractivity contribution < 1.29 is 9.53 Å². The van der Waals surface area contributed by atoms with Crippen molar-refractivity contribution >= 4 is 39.2 Å². The summed E-state index contributed by atoms with van der Waals surface area (Å²) in [6.45, 7) is 2.76. The topological polar surface area (TPSA) is 38.3 Å². The number of carbonyl (C=O) groups excluding carboxylic acids is 1. The van der Waals surface area contributed by atoms with Gasteiger partial charge in [-0.3, -0.25) is 0 Å². The standard InChI is InChI=1S/C16H15BrClNO2/c1-2-21-16(20)11-7-8-15(13(17)9-11)19-10-12-5-3-4-6-14(12)18/h3-9,19H,2,10H2,1H3. The molecule has 5 heteroatoms. The molecule has 2 aromatic rings. The maximum Gasteiger partial charge on any atom is 0.338 e. The van der Waals surface area contributed by atoms with Crippen LogP contribution in [0, 0.1) is 0 Å². The fourth-order valence-electron chi connectivity index (χ4n) is 1.83. The van der Waals surface area contributed by atoms with E-state index in [1.54, 1.807) is 19.1 Å². The number of carbonyl (C=O) groups is 1. The number of anilines is 1. The highest BCUT2D eigenvalue weighted by atomic mass is 79.9. The number of ether oxygens (including phenoxy) is 1. The lowest BCUT2D eigenvalue weighted by molar-refractivity contribution is 0.0526. The van der Waals surface area contributed by atoms with Crippen molar-refractivity contribution in [3.63, 3.8) is 0 Å². The Labute approximate surface area is 137 Å². The number of benzene rings is 2. The van der Waals surface area contributed by atoms with Crippen LogP contribution in [0.15, 0.2) is 46.9 Å². The largest absolute Gasteiger partial charge is 0.462 e. The Bertz CT molecular complexity index is 646. The van der Waals surface area contributed by atoms with Gasteiger partial charge in [0.1, 0.15) is 0 Å². The lowest BCUT2D eigenvalue weighted by Crippen LogP contribution is -2.06. The minimum atomic E-state index is -0.323. The predicted octanol–water partition coefficient (Wildman–Crippen LogP) is 4.89. The monoisotopic (exact) mass is 367 g/mol. The number of hydrogen-bond donors (Lipinski definition) is 1.